The van der Waals surface area contributed by atoms with Crippen molar-refractivity contribution in [3.63, 3.8) is 0 Å². The first kappa shape index (κ1) is 53.1. The van der Waals surface area contributed by atoms with Crippen LogP contribution < -0.4 is 22.5 Å². The van der Waals surface area contributed by atoms with Crippen LogP contribution in [0.1, 0.15) is 71.3 Å². The van der Waals surface area contributed by atoms with Gasteiger partial charge in [-0.1, -0.05) is 36.4 Å². The standard InChI is InChI=1S/C27H29N9O3.C24H27N7O3.C3H4N2O/c1-34(19-8-9-19)12-2-3-21(37)35-13-10-20(15-35)36-25-22(24(28)30-16-31-25)23(33-36)17-4-6-18(7-5-17)26(38)32-27-29-11-14-39-27;1-29(17-8-9-17)11-2-3-19(32)30-12-10-18(13-30)31-23-20(22(25)26-14-27-23)21(28-31)15-4-6-16(7-5-15)24(33)34;4-3-5-1-2-6-3/h2-7,11,14,16,19-20H,8-10,12-13,15H2,1H3,(H2,28,30,31)(H,29,32,38);2-7,14,17-18H,8-13H2,1H3,(H,33,34)(H2,25,26,27);1-2H,(H2,4,5)/b2*3-2+;/t20-;18-;/m11./s1. The summed E-state index contributed by atoms with van der Waals surface area (Å²) in [6, 6.07) is 15.0. The zero-order valence-electron chi connectivity index (χ0n) is 43.6. The lowest BCUT2D eigenvalue weighted by Crippen LogP contribution is -2.28. The number of nitrogens with one attached hydrogen (secondary N) is 1. The fraction of sp³-hybridized carbons (Fsp3) is 0.333. The summed E-state index contributed by atoms with van der Waals surface area (Å²) in [5.41, 5.74) is 22.0. The Morgan fingerprint density at radius 3 is 1.51 bits per heavy atom. The highest BCUT2D eigenvalue weighted by Gasteiger charge is 2.33. The Kier molecular flexibility index (Phi) is 15.8. The van der Waals surface area contributed by atoms with Gasteiger partial charge >= 0.3 is 12.0 Å². The number of oxazole rings is 2. The zero-order chi connectivity index (χ0) is 55.2. The number of carboxylic acid groups (broad SMARTS) is 1. The number of nitrogens with two attached hydrogens (primary N) is 3. The number of hydrogen-bond acceptors (Lipinski definition) is 19. The van der Waals surface area contributed by atoms with E-state index in [9.17, 15) is 24.3 Å². The number of nitrogen functional groups attached to an aromatic ring is 3. The summed E-state index contributed by atoms with van der Waals surface area (Å²) in [5, 5.41) is 22.7. The van der Waals surface area contributed by atoms with E-state index in [0.29, 0.717) is 88.9 Å². The van der Waals surface area contributed by atoms with E-state index in [-0.39, 0.29) is 47.4 Å². The van der Waals surface area contributed by atoms with Gasteiger partial charge in [0.05, 0.1) is 40.8 Å². The van der Waals surface area contributed by atoms with Crippen LogP contribution in [-0.2, 0) is 9.59 Å². The van der Waals surface area contributed by atoms with Gasteiger partial charge in [0.1, 0.15) is 48.2 Å². The molecule has 2 aromatic carbocycles. The van der Waals surface area contributed by atoms with Crippen LogP contribution in [0.3, 0.4) is 0 Å². The predicted octanol–water partition coefficient (Wildman–Crippen LogP) is 5.19. The number of carboxylic acids is 1. The number of rotatable bonds is 15. The first-order valence-electron chi connectivity index (χ1n) is 25.9. The monoisotopic (exact) mass is 1070 g/mol. The minimum Gasteiger partial charge on any atom is -0.478 e. The number of carbonyl (C=O) groups is 4. The summed E-state index contributed by atoms with van der Waals surface area (Å²) < 4.78 is 13.3. The van der Waals surface area contributed by atoms with Crippen molar-refractivity contribution in [1.82, 2.24) is 69.1 Å². The maximum absolute atomic E-state index is 12.8. The molecule has 0 radical (unpaired) electrons. The molecular weight excluding hydrogens is 1010 g/mol. The molecule has 0 spiro atoms. The third-order valence-electron chi connectivity index (χ3n) is 14.3. The number of nitrogens with zero attached hydrogens (tertiary/aromatic N) is 14. The Labute approximate surface area is 452 Å². The van der Waals surface area contributed by atoms with Gasteiger partial charge in [-0.05, 0) is 76.9 Å². The molecule has 2 saturated heterocycles. The Morgan fingerprint density at radius 2 is 1.10 bits per heavy atom. The molecular formula is C54H60N18O7. The van der Waals surface area contributed by atoms with Crippen molar-refractivity contribution in [2.75, 3.05) is 75.9 Å². The minimum absolute atomic E-state index is 0.00165. The van der Waals surface area contributed by atoms with Crippen LogP contribution in [0.25, 0.3) is 44.6 Å². The summed E-state index contributed by atoms with van der Waals surface area (Å²) in [6.45, 7) is 3.88. The molecule has 8 aromatic rings. The van der Waals surface area contributed by atoms with Gasteiger partial charge in [-0.2, -0.15) is 10.2 Å². The van der Waals surface area contributed by atoms with E-state index in [2.05, 4.69) is 63.5 Å². The van der Waals surface area contributed by atoms with Gasteiger partial charge in [-0.15, -0.1) is 0 Å². The Balaban J connectivity index is 0.000000162. The van der Waals surface area contributed by atoms with Crippen LogP contribution in [0.2, 0.25) is 0 Å². The van der Waals surface area contributed by atoms with E-state index >= 15 is 0 Å². The Bertz CT molecular complexity index is 3500. The second-order valence-corrected chi connectivity index (χ2v) is 19.7. The van der Waals surface area contributed by atoms with Crippen molar-refractivity contribution < 1.29 is 33.1 Å². The van der Waals surface area contributed by atoms with Crippen LogP contribution in [0.15, 0.2) is 119 Å². The predicted molar refractivity (Wildman–Crippen MR) is 293 cm³/mol. The van der Waals surface area contributed by atoms with Crippen LogP contribution in [-0.4, -0.2) is 163 Å². The molecule has 2 aliphatic heterocycles. The van der Waals surface area contributed by atoms with E-state index < -0.39 is 5.97 Å². The number of anilines is 4. The molecule has 25 nitrogen and oxygen atoms in total. The van der Waals surface area contributed by atoms with Crippen molar-refractivity contribution in [2.24, 2.45) is 0 Å². The van der Waals surface area contributed by atoms with E-state index in [1.165, 1.54) is 75.4 Å². The Hall–Kier alpha value is -9.36. The van der Waals surface area contributed by atoms with Gasteiger partial charge in [0.15, 0.2) is 11.3 Å². The number of likely N-dealkylation sites (N-methyl/N-ethyl adjacent to an activating group) is 2. The van der Waals surface area contributed by atoms with Gasteiger partial charge in [-0.25, -0.2) is 44.1 Å². The lowest BCUT2D eigenvalue weighted by atomic mass is 10.1. The fourth-order valence-electron chi connectivity index (χ4n) is 9.61. The first-order valence-corrected chi connectivity index (χ1v) is 25.9. The topological polar surface area (TPSA) is 331 Å². The number of likely N-dealkylation sites (tertiary alicyclic amines) is 2. The van der Waals surface area contributed by atoms with Crippen molar-refractivity contribution >= 4 is 69.4 Å². The maximum Gasteiger partial charge on any atom is 0.335 e. The highest BCUT2D eigenvalue weighted by molar-refractivity contribution is 6.04. The molecule has 4 fully saturated rings. The van der Waals surface area contributed by atoms with Crippen LogP contribution in [0.5, 0.6) is 0 Å². The molecule has 6 aromatic heterocycles. The molecule has 12 rings (SSSR count). The molecule has 0 unspecified atom stereocenters. The molecule has 79 heavy (non-hydrogen) atoms. The summed E-state index contributed by atoms with van der Waals surface area (Å²) in [6.07, 6.45) is 22.3. The molecule has 2 saturated carbocycles. The minimum atomic E-state index is -0.992. The number of fused-ring (bicyclic) bond motifs is 2. The second-order valence-electron chi connectivity index (χ2n) is 19.7. The third-order valence-corrected chi connectivity index (χ3v) is 14.3. The molecule has 4 aliphatic rings. The molecule has 3 amide bonds. The van der Waals surface area contributed by atoms with Crippen molar-refractivity contribution in [3.05, 3.63) is 122 Å². The summed E-state index contributed by atoms with van der Waals surface area (Å²) in [7, 11) is 4.18. The van der Waals surface area contributed by atoms with Gasteiger partial charge in [0, 0.05) is 80.2 Å². The average Bonchev–Trinajstić information content (AvgIpc) is 4.12. The summed E-state index contributed by atoms with van der Waals surface area (Å²) >= 11 is 0. The molecule has 0 bridgehead atoms. The van der Waals surface area contributed by atoms with Crippen molar-refractivity contribution in [3.8, 4) is 22.5 Å². The van der Waals surface area contributed by atoms with E-state index in [1.807, 2.05) is 31.3 Å². The summed E-state index contributed by atoms with van der Waals surface area (Å²) in [5.74, 6) is -0.698. The largest absolute Gasteiger partial charge is 0.478 e. The number of hydrogen-bond donors (Lipinski definition) is 5. The maximum atomic E-state index is 12.8. The van der Waals surface area contributed by atoms with E-state index in [4.69, 9.17) is 31.8 Å². The van der Waals surface area contributed by atoms with Gasteiger partial charge in [-0.3, -0.25) is 29.5 Å². The Morgan fingerprint density at radius 1 is 0.633 bits per heavy atom. The molecule has 408 valence electrons. The highest BCUT2D eigenvalue weighted by atomic mass is 16.4. The number of aromatic nitrogens is 10. The van der Waals surface area contributed by atoms with Gasteiger partial charge < -0.3 is 40.9 Å². The van der Waals surface area contributed by atoms with Crippen LogP contribution in [0.4, 0.5) is 23.7 Å². The number of amides is 3. The highest BCUT2D eigenvalue weighted by Crippen LogP contribution is 2.36. The normalized spacial score (nSPS) is 17.2. The molecule has 2 aliphatic carbocycles. The van der Waals surface area contributed by atoms with E-state index in [1.54, 1.807) is 48.6 Å². The number of carbonyl (C=O) groups excluding carboxylic acids is 3. The number of aromatic carboxylic acids is 1. The lowest BCUT2D eigenvalue weighted by molar-refractivity contribution is -0.125. The van der Waals surface area contributed by atoms with Gasteiger partial charge in [0.25, 0.3) is 11.9 Å². The second kappa shape index (κ2) is 23.5. The number of benzene rings is 2. The first-order chi connectivity index (χ1) is 38.3. The molecule has 25 heteroatoms. The van der Waals surface area contributed by atoms with Crippen LogP contribution >= 0.6 is 0 Å². The SMILES string of the molecule is CN(C/C=C/C(=O)N1CC[C@@H](n2nc(-c3ccc(C(=O)Nc4ncco4)cc3)c3c(N)ncnc32)C1)C1CC1.CN(C/C=C/C(=O)N1CC[C@@H](n2nc(-c3ccc(C(=O)O)cc3)c3c(N)ncnc32)C1)C1CC1.Nc1ncco1. The van der Waals surface area contributed by atoms with Crippen molar-refractivity contribution in [2.45, 2.75) is 62.7 Å². The van der Waals surface area contributed by atoms with Gasteiger partial charge in [0.2, 0.25) is 11.8 Å². The fourth-order valence-corrected chi connectivity index (χ4v) is 9.61. The van der Waals surface area contributed by atoms with Crippen molar-refractivity contribution in [1.29, 1.82) is 0 Å². The quantitative estimate of drug-likeness (QED) is 0.0824. The molecule has 8 heterocycles. The zero-order valence-corrected chi connectivity index (χ0v) is 43.6. The van der Waals surface area contributed by atoms with Crippen LogP contribution in [0, 0.1) is 0 Å². The lowest BCUT2D eigenvalue weighted by Gasteiger charge is -2.16. The summed E-state index contributed by atoms with van der Waals surface area (Å²) in [4.78, 5) is 82.1. The average molecular weight is 1070 g/mol. The smallest absolute Gasteiger partial charge is 0.335 e. The third kappa shape index (κ3) is 12.4. The van der Waals surface area contributed by atoms with E-state index in [0.717, 1.165) is 37.1 Å². The molecule has 8 N–H and O–H groups in total. The molecule has 2 atom stereocenters.